The highest BCUT2D eigenvalue weighted by atomic mass is 16.5. The van der Waals surface area contributed by atoms with E-state index in [1.165, 1.54) is 0 Å². The van der Waals surface area contributed by atoms with Crippen LogP contribution in [-0.2, 0) is 0 Å². The predicted molar refractivity (Wildman–Crippen MR) is 73.6 cm³/mol. The van der Waals surface area contributed by atoms with Gasteiger partial charge in [-0.15, -0.1) is 0 Å². The first kappa shape index (κ1) is 13.0. The minimum absolute atomic E-state index is 0.636. The van der Waals surface area contributed by atoms with Crippen LogP contribution >= 0.6 is 0 Å². The molecule has 0 fully saturated rings. The summed E-state index contributed by atoms with van der Waals surface area (Å²) in [5, 5.41) is 8.82. The van der Waals surface area contributed by atoms with Gasteiger partial charge in [-0.05, 0) is 61.9 Å². The highest BCUT2D eigenvalue weighted by Crippen LogP contribution is 2.27. The van der Waals surface area contributed by atoms with E-state index in [0.29, 0.717) is 12.2 Å². The summed E-state index contributed by atoms with van der Waals surface area (Å²) in [6.45, 7) is 4.52. The average molecular weight is 253 g/mol. The molecule has 0 aliphatic rings. The summed E-state index contributed by atoms with van der Waals surface area (Å²) in [7, 11) is 0. The van der Waals surface area contributed by atoms with Gasteiger partial charge < -0.3 is 9.47 Å². The maximum atomic E-state index is 8.82. The Morgan fingerprint density at radius 2 is 1.74 bits per heavy atom. The smallest absolute Gasteiger partial charge is 0.130 e. The van der Waals surface area contributed by atoms with Crippen molar-refractivity contribution < 1.29 is 9.47 Å². The fraction of sp³-hybridized carbons (Fsp3) is 0.188. The van der Waals surface area contributed by atoms with E-state index < -0.39 is 0 Å². The highest BCUT2D eigenvalue weighted by Gasteiger charge is 2.03. The Bertz CT molecular complexity index is 597. The van der Waals surface area contributed by atoms with Gasteiger partial charge in [0.1, 0.15) is 17.2 Å². The molecule has 0 saturated heterocycles. The lowest BCUT2D eigenvalue weighted by Gasteiger charge is -2.09. The number of nitrogens with zero attached hydrogens (tertiary/aromatic N) is 1. The SMILES string of the molecule is CCOc1ccc(Oc2ccc(C#N)cc2C)cc1. The van der Waals surface area contributed by atoms with Gasteiger partial charge in [0.25, 0.3) is 0 Å². The Labute approximate surface area is 113 Å². The number of aryl methyl sites for hydroxylation is 1. The highest BCUT2D eigenvalue weighted by molar-refractivity contribution is 5.43. The van der Waals surface area contributed by atoms with E-state index in [4.69, 9.17) is 14.7 Å². The third-order valence-electron chi connectivity index (χ3n) is 2.67. The van der Waals surface area contributed by atoms with Crippen LogP contribution in [0.2, 0.25) is 0 Å². The molecule has 19 heavy (non-hydrogen) atoms. The third-order valence-corrected chi connectivity index (χ3v) is 2.67. The van der Waals surface area contributed by atoms with E-state index in [0.717, 1.165) is 22.8 Å². The molecule has 2 rings (SSSR count). The summed E-state index contributed by atoms with van der Waals surface area (Å²) in [5.74, 6) is 2.32. The molecule has 2 aromatic carbocycles. The van der Waals surface area contributed by atoms with Gasteiger partial charge in [0.05, 0.1) is 18.2 Å². The van der Waals surface area contributed by atoms with Gasteiger partial charge in [-0.3, -0.25) is 0 Å². The normalized spacial score (nSPS) is 9.74. The molecular formula is C16H15NO2. The summed E-state index contributed by atoms with van der Waals surface area (Å²) in [5.41, 5.74) is 1.57. The quantitative estimate of drug-likeness (QED) is 0.825. The molecule has 0 bridgehead atoms. The molecule has 0 aromatic heterocycles. The van der Waals surface area contributed by atoms with Crippen LogP contribution in [-0.4, -0.2) is 6.61 Å². The number of nitriles is 1. The zero-order chi connectivity index (χ0) is 13.7. The van der Waals surface area contributed by atoms with Crippen LogP contribution in [0.25, 0.3) is 0 Å². The number of hydrogen-bond acceptors (Lipinski definition) is 3. The fourth-order valence-corrected chi connectivity index (χ4v) is 1.73. The molecule has 0 heterocycles. The number of benzene rings is 2. The molecule has 2 aromatic rings. The second-order valence-corrected chi connectivity index (χ2v) is 4.10. The first-order chi connectivity index (χ1) is 9.22. The Balaban J connectivity index is 2.15. The Morgan fingerprint density at radius 3 is 2.32 bits per heavy atom. The van der Waals surface area contributed by atoms with Crippen molar-refractivity contribution in [3.63, 3.8) is 0 Å². The molecule has 0 atom stereocenters. The minimum atomic E-state index is 0.636. The maximum Gasteiger partial charge on any atom is 0.130 e. The summed E-state index contributed by atoms with van der Waals surface area (Å²) >= 11 is 0. The van der Waals surface area contributed by atoms with E-state index in [9.17, 15) is 0 Å². The lowest BCUT2D eigenvalue weighted by Crippen LogP contribution is -1.92. The standard InChI is InChI=1S/C16H15NO2/c1-3-18-14-5-7-15(8-6-14)19-16-9-4-13(11-17)10-12(16)2/h4-10H,3H2,1-2H3. The molecule has 0 amide bonds. The molecule has 0 saturated carbocycles. The molecule has 0 aliphatic carbocycles. The molecule has 96 valence electrons. The van der Waals surface area contributed by atoms with Gasteiger partial charge in [-0.1, -0.05) is 0 Å². The molecular weight excluding hydrogens is 238 g/mol. The van der Waals surface area contributed by atoms with Crippen LogP contribution in [0.1, 0.15) is 18.1 Å². The van der Waals surface area contributed by atoms with Crippen LogP contribution < -0.4 is 9.47 Å². The molecule has 0 spiro atoms. The van der Waals surface area contributed by atoms with E-state index >= 15 is 0 Å². The first-order valence-electron chi connectivity index (χ1n) is 6.14. The molecule has 3 heteroatoms. The van der Waals surface area contributed by atoms with Crippen LogP contribution in [0.5, 0.6) is 17.2 Å². The second-order valence-electron chi connectivity index (χ2n) is 4.10. The van der Waals surface area contributed by atoms with Crippen LogP contribution in [0.4, 0.5) is 0 Å². The summed E-state index contributed by atoms with van der Waals surface area (Å²) in [6, 6.07) is 14.9. The van der Waals surface area contributed by atoms with Crippen LogP contribution in [0.15, 0.2) is 42.5 Å². The Kier molecular flexibility index (Phi) is 4.04. The summed E-state index contributed by atoms with van der Waals surface area (Å²) in [4.78, 5) is 0. The van der Waals surface area contributed by atoms with Crippen molar-refractivity contribution in [1.82, 2.24) is 0 Å². The minimum Gasteiger partial charge on any atom is -0.494 e. The van der Waals surface area contributed by atoms with Crippen LogP contribution in [0, 0.1) is 18.3 Å². The van der Waals surface area contributed by atoms with Gasteiger partial charge in [-0.2, -0.15) is 5.26 Å². The molecule has 0 N–H and O–H groups in total. The predicted octanol–water partition coefficient (Wildman–Crippen LogP) is 4.06. The van der Waals surface area contributed by atoms with E-state index in [1.54, 1.807) is 6.07 Å². The van der Waals surface area contributed by atoms with Crippen molar-refractivity contribution in [3.8, 4) is 23.3 Å². The van der Waals surface area contributed by atoms with Crippen molar-refractivity contribution in [3.05, 3.63) is 53.6 Å². The topological polar surface area (TPSA) is 42.2 Å². The lowest BCUT2D eigenvalue weighted by atomic mass is 10.1. The Hall–Kier alpha value is -2.47. The fourth-order valence-electron chi connectivity index (χ4n) is 1.73. The first-order valence-corrected chi connectivity index (χ1v) is 6.14. The van der Waals surface area contributed by atoms with Gasteiger partial charge in [-0.25, -0.2) is 0 Å². The largest absolute Gasteiger partial charge is 0.494 e. The van der Waals surface area contributed by atoms with Crippen LogP contribution in [0.3, 0.4) is 0 Å². The van der Waals surface area contributed by atoms with Gasteiger partial charge in [0.2, 0.25) is 0 Å². The molecule has 0 radical (unpaired) electrons. The number of ether oxygens (including phenoxy) is 2. The van der Waals surface area contributed by atoms with Gasteiger partial charge in [0, 0.05) is 0 Å². The van der Waals surface area contributed by atoms with E-state index in [2.05, 4.69) is 6.07 Å². The molecule has 0 aliphatic heterocycles. The van der Waals surface area contributed by atoms with Crippen molar-refractivity contribution >= 4 is 0 Å². The number of hydrogen-bond donors (Lipinski definition) is 0. The average Bonchev–Trinajstić information content (AvgIpc) is 2.43. The summed E-state index contributed by atoms with van der Waals surface area (Å²) < 4.78 is 11.2. The third kappa shape index (κ3) is 3.26. The summed E-state index contributed by atoms with van der Waals surface area (Å²) in [6.07, 6.45) is 0. The van der Waals surface area contributed by atoms with Crippen molar-refractivity contribution in [2.75, 3.05) is 6.61 Å². The molecule has 3 nitrogen and oxygen atoms in total. The monoisotopic (exact) mass is 253 g/mol. The van der Waals surface area contributed by atoms with Gasteiger partial charge in [0.15, 0.2) is 0 Å². The van der Waals surface area contributed by atoms with Crippen molar-refractivity contribution in [2.24, 2.45) is 0 Å². The lowest BCUT2D eigenvalue weighted by molar-refractivity contribution is 0.339. The van der Waals surface area contributed by atoms with Gasteiger partial charge >= 0.3 is 0 Å². The second kappa shape index (κ2) is 5.92. The molecule has 0 unspecified atom stereocenters. The zero-order valence-corrected chi connectivity index (χ0v) is 11.0. The van der Waals surface area contributed by atoms with E-state index in [-0.39, 0.29) is 0 Å². The number of rotatable bonds is 4. The van der Waals surface area contributed by atoms with E-state index in [1.807, 2.05) is 50.2 Å². The van der Waals surface area contributed by atoms with Crippen molar-refractivity contribution in [2.45, 2.75) is 13.8 Å². The Morgan fingerprint density at radius 1 is 1.05 bits per heavy atom. The maximum absolute atomic E-state index is 8.82. The van der Waals surface area contributed by atoms with Crippen molar-refractivity contribution in [1.29, 1.82) is 5.26 Å². The zero-order valence-electron chi connectivity index (χ0n) is 11.0.